The minimum Gasteiger partial charge on any atom is -0.454 e. The van der Waals surface area contributed by atoms with Gasteiger partial charge in [-0.2, -0.15) is 0 Å². The Morgan fingerprint density at radius 1 is 1.12 bits per heavy atom. The number of amides is 1. The van der Waals surface area contributed by atoms with Crippen LogP contribution in [-0.2, 0) is 11.2 Å². The molecule has 0 saturated carbocycles. The molecule has 5 rings (SSSR count). The molecule has 6 heteroatoms. The Labute approximate surface area is 143 Å². The van der Waals surface area contributed by atoms with Crippen LogP contribution in [0.5, 0.6) is 11.5 Å². The van der Waals surface area contributed by atoms with Gasteiger partial charge in [-0.05, 0) is 35.7 Å². The number of nitrogens with two attached hydrogens (primary N) is 1. The Morgan fingerprint density at radius 3 is 2.84 bits per heavy atom. The maximum atomic E-state index is 11.9. The number of hydrogen-bond acceptors (Lipinski definition) is 4. The highest BCUT2D eigenvalue weighted by Gasteiger charge is 2.33. The number of primary amides is 1. The van der Waals surface area contributed by atoms with E-state index in [4.69, 9.17) is 15.2 Å². The van der Waals surface area contributed by atoms with Crippen molar-refractivity contribution in [3.63, 3.8) is 0 Å². The predicted octanol–water partition coefficient (Wildman–Crippen LogP) is 1.99. The topological polar surface area (TPSA) is 89.4 Å². The molecule has 0 spiro atoms. The van der Waals surface area contributed by atoms with Crippen LogP contribution in [0.25, 0.3) is 10.9 Å². The van der Waals surface area contributed by atoms with Gasteiger partial charge in [0.15, 0.2) is 11.5 Å². The molecule has 126 valence electrons. The highest BCUT2D eigenvalue weighted by atomic mass is 16.7. The molecule has 6 nitrogen and oxygen atoms in total. The molecule has 0 bridgehead atoms. The summed E-state index contributed by atoms with van der Waals surface area (Å²) in [6.45, 7) is 0.235. The van der Waals surface area contributed by atoms with Gasteiger partial charge in [0.05, 0.1) is 12.1 Å². The number of H-pyrrole nitrogens is 1. The number of ether oxygens (including phenoxy) is 2. The normalized spacial score (nSPS) is 21.3. The summed E-state index contributed by atoms with van der Waals surface area (Å²) in [4.78, 5) is 15.4. The molecule has 1 amide bonds. The number of rotatable bonds is 2. The van der Waals surface area contributed by atoms with Gasteiger partial charge in [0.25, 0.3) is 0 Å². The average Bonchev–Trinajstić information content (AvgIpc) is 3.24. The summed E-state index contributed by atoms with van der Waals surface area (Å²) < 4.78 is 10.9. The highest BCUT2D eigenvalue weighted by molar-refractivity contribution is 5.88. The van der Waals surface area contributed by atoms with Crippen molar-refractivity contribution in [3.8, 4) is 11.5 Å². The number of para-hydroxylation sites is 1. The number of aromatic nitrogens is 1. The van der Waals surface area contributed by atoms with Crippen LogP contribution in [-0.4, -0.2) is 23.7 Å². The van der Waals surface area contributed by atoms with E-state index in [1.165, 1.54) is 0 Å². The van der Waals surface area contributed by atoms with Crippen molar-refractivity contribution in [1.29, 1.82) is 0 Å². The van der Waals surface area contributed by atoms with E-state index in [9.17, 15) is 4.79 Å². The smallest absolute Gasteiger partial charge is 0.234 e. The number of hydrogen-bond donors (Lipinski definition) is 3. The van der Waals surface area contributed by atoms with Crippen LogP contribution in [0, 0.1) is 0 Å². The fourth-order valence-corrected chi connectivity index (χ4v) is 3.77. The second kappa shape index (κ2) is 5.26. The Bertz CT molecular complexity index is 995. The van der Waals surface area contributed by atoms with Crippen molar-refractivity contribution >= 4 is 16.8 Å². The summed E-state index contributed by atoms with van der Waals surface area (Å²) in [7, 11) is 0. The van der Waals surface area contributed by atoms with Crippen LogP contribution in [0.2, 0.25) is 0 Å². The lowest BCUT2D eigenvalue weighted by atomic mass is 9.90. The molecule has 0 radical (unpaired) electrons. The van der Waals surface area contributed by atoms with Crippen molar-refractivity contribution in [3.05, 3.63) is 59.3 Å². The van der Waals surface area contributed by atoms with Gasteiger partial charge in [0.2, 0.25) is 12.7 Å². The summed E-state index contributed by atoms with van der Waals surface area (Å²) in [6.07, 6.45) is 0.579. The van der Waals surface area contributed by atoms with Gasteiger partial charge in [-0.15, -0.1) is 0 Å². The summed E-state index contributed by atoms with van der Waals surface area (Å²) >= 11 is 0. The minimum atomic E-state index is -0.415. The van der Waals surface area contributed by atoms with E-state index < -0.39 is 6.04 Å². The molecule has 2 aromatic carbocycles. The molecule has 3 aromatic rings. The van der Waals surface area contributed by atoms with E-state index >= 15 is 0 Å². The first kappa shape index (κ1) is 14.4. The van der Waals surface area contributed by atoms with Crippen LogP contribution >= 0.6 is 0 Å². The Kier molecular flexibility index (Phi) is 3.02. The van der Waals surface area contributed by atoms with E-state index in [-0.39, 0.29) is 18.7 Å². The molecule has 0 fully saturated rings. The zero-order valence-electron chi connectivity index (χ0n) is 13.4. The monoisotopic (exact) mass is 335 g/mol. The zero-order valence-corrected chi connectivity index (χ0v) is 13.4. The molecule has 1 aromatic heterocycles. The first-order chi connectivity index (χ1) is 12.2. The Morgan fingerprint density at radius 2 is 1.96 bits per heavy atom. The third-order valence-corrected chi connectivity index (χ3v) is 4.98. The van der Waals surface area contributed by atoms with Crippen LogP contribution in [0.1, 0.15) is 22.9 Å². The van der Waals surface area contributed by atoms with E-state index in [0.29, 0.717) is 6.42 Å². The number of benzene rings is 2. The fourth-order valence-electron chi connectivity index (χ4n) is 3.77. The van der Waals surface area contributed by atoms with Crippen LogP contribution < -0.4 is 20.5 Å². The molecule has 25 heavy (non-hydrogen) atoms. The van der Waals surface area contributed by atoms with Gasteiger partial charge in [0.1, 0.15) is 0 Å². The maximum Gasteiger partial charge on any atom is 0.234 e. The third-order valence-electron chi connectivity index (χ3n) is 4.98. The average molecular weight is 335 g/mol. The summed E-state index contributed by atoms with van der Waals surface area (Å²) in [5, 5.41) is 4.51. The standard InChI is InChI=1S/C19H17N3O3/c20-19(23)14-8-12-11-3-1-2-4-13(11)21-18(12)17(22-14)10-5-6-15-16(7-10)25-9-24-15/h1-7,14,17,21-22H,8-9H2,(H2,20,23)/t14-,17-/m1/s1. The van der Waals surface area contributed by atoms with Gasteiger partial charge in [-0.25, -0.2) is 0 Å². The molecule has 0 saturated heterocycles. The quantitative estimate of drug-likeness (QED) is 0.668. The van der Waals surface area contributed by atoms with Crippen molar-refractivity contribution in [1.82, 2.24) is 10.3 Å². The summed E-state index contributed by atoms with van der Waals surface area (Å²) in [5.41, 5.74) is 9.88. The summed E-state index contributed by atoms with van der Waals surface area (Å²) in [6, 6.07) is 13.4. The number of fused-ring (bicyclic) bond motifs is 4. The van der Waals surface area contributed by atoms with Crippen LogP contribution in [0.4, 0.5) is 0 Å². The second-order valence-electron chi connectivity index (χ2n) is 6.43. The molecule has 2 aliphatic heterocycles. The lowest BCUT2D eigenvalue weighted by Gasteiger charge is -2.30. The van der Waals surface area contributed by atoms with Gasteiger partial charge in [-0.3, -0.25) is 10.1 Å². The lowest BCUT2D eigenvalue weighted by molar-refractivity contribution is -0.120. The van der Waals surface area contributed by atoms with Gasteiger partial charge >= 0.3 is 0 Å². The molecular weight excluding hydrogens is 318 g/mol. The first-order valence-electron chi connectivity index (χ1n) is 8.25. The van der Waals surface area contributed by atoms with E-state index in [2.05, 4.69) is 16.4 Å². The number of carbonyl (C=O) groups is 1. The zero-order chi connectivity index (χ0) is 17.0. The third kappa shape index (κ3) is 2.18. The SMILES string of the molecule is NC(=O)[C@H]1Cc2c([nH]c3ccccc23)[C@@H](c2ccc3c(c2)OCO3)N1. The number of nitrogens with one attached hydrogen (secondary N) is 2. The molecule has 0 aliphatic carbocycles. The molecule has 2 atom stereocenters. The molecule has 3 heterocycles. The van der Waals surface area contributed by atoms with E-state index in [0.717, 1.165) is 39.2 Å². The molecule has 4 N–H and O–H groups in total. The predicted molar refractivity (Wildman–Crippen MR) is 92.5 cm³/mol. The van der Waals surface area contributed by atoms with Crippen LogP contribution in [0.3, 0.4) is 0 Å². The summed E-state index contributed by atoms with van der Waals surface area (Å²) in [5.74, 6) is 1.11. The first-order valence-corrected chi connectivity index (χ1v) is 8.25. The van der Waals surface area contributed by atoms with Crippen molar-refractivity contribution < 1.29 is 14.3 Å². The van der Waals surface area contributed by atoms with E-state index in [1.54, 1.807) is 0 Å². The van der Waals surface area contributed by atoms with Crippen molar-refractivity contribution in [2.24, 2.45) is 5.73 Å². The van der Waals surface area contributed by atoms with Gasteiger partial charge < -0.3 is 20.2 Å². The highest BCUT2D eigenvalue weighted by Crippen LogP contribution is 2.39. The fraction of sp³-hybridized carbons (Fsp3) is 0.211. The van der Waals surface area contributed by atoms with Crippen LogP contribution in [0.15, 0.2) is 42.5 Å². The lowest BCUT2D eigenvalue weighted by Crippen LogP contribution is -2.48. The molecular formula is C19H17N3O3. The minimum absolute atomic E-state index is 0.164. The Hall–Kier alpha value is -2.99. The molecule has 0 unspecified atom stereocenters. The largest absolute Gasteiger partial charge is 0.454 e. The Balaban J connectivity index is 1.67. The number of carbonyl (C=O) groups excluding carboxylic acids is 1. The maximum absolute atomic E-state index is 11.9. The van der Waals surface area contributed by atoms with Crippen molar-refractivity contribution in [2.75, 3.05) is 6.79 Å². The van der Waals surface area contributed by atoms with Crippen molar-refractivity contribution in [2.45, 2.75) is 18.5 Å². The number of aromatic amines is 1. The van der Waals surface area contributed by atoms with E-state index in [1.807, 2.05) is 36.4 Å². The second-order valence-corrected chi connectivity index (χ2v) is 6.43. The molecule has 2 aliphatic rings. The van der Waals surface area contributed by atoms with Gasteiger partial charge in [0, 0.05) is 16.6 Å². The van der Waals surface area contributed by atoms with Gasteiger partial charge in [-0.1, -0.05) is 24.3 Å².